The minimum Gasteiger partial charge on any atom is -0.493 e. The maximum absolute atomic E-state index is 12.9. The van der Waals surface area contributed by atoms with Crippen LogP contribution in [0.1, 0.15) is 45.5 Å². The van der Waals surface area contributed by atoms with Crippen molar-refractivity contribution < 1.29 is 29.3 Å². The Bertz CT molecular complexity index is 940. The van der Waals surface area contributed by atoms with Gasteiger partial charge >= 0.3 is 5.97 Å². The van der Waals surface area contributed by atoms with Crippen LogP contribution in [0.5, 0.6) is 11.5 Å². The Kier molecular flexibility index (Phi) is 4.68. The van der Waals surface area contributed by atoms with E-state index in [4.69, 9.17) is 14.6 Å². The van der Waals surface area contributed by atoms with Gasteiger partial charge in [0.05, 0.1) is 25.3 Å². The number of methoxy groups -OCH3 is 1. The van der Waals surface area contributed by atoms with Crippen molar-refractivity contribution in [3.05, 3.63) is 53.1 Å². The van der Waals surface area contributed by atoms with Crippen LogP contribution in [-0.4, -0.2) is 41.4 Å². The molecule has 7 nitrogen and oxygen atoms in total. The summed E-state index contributed by atoms with van der Waals surface area (Å²) in [6.45, 7) is 0.363. The third kappa shape index (κ3) is 3.29. The van der Waals surface area contributed by atoms with E-state index >= 15 is 0 Å². The molecule has 1 saturated carbocycles. The Hall–Kier alpha value is -3.06. The molecule has 1 aliphatic heterocycles. The molecule has 146 valence electrons. The predicted molar refractivity (Wildman–Crippen MR) is 101 cm³/mol. The van der Waals surface area contributed by atoms with Gasteiger partial charge in [0.2, 0.25) is 0 Å². The fourth-order valence-electron chi connectivity index (χ4n) is 3.77. The lowest BCUT2D eigenvalue weighted by atomic mass is 10.1. The third-order valence-electron chi connectivity index (χ3n) is 5.27. The number of hydrogen-bond acceptors (Lipinski definition) is 5. The molecule has 0 aromatic heterocycles. The van der Waals surface area contributed by atoms with E-state index in [1.807, 2.05) is 0 Å². The van der Waals surface area contributed by atoms with E-state index in [2.05, 4.69) is 0 Å². The van der Waals surface area contributed by atoms with Gasteiger partial charge in [-0.05, 0) is 42.7 Å². The minimum atomic E-state index is -1.06. The smallest absolute Gasteiger partial charge is 0.335 e. The number of amides is 1. The average molecular weight is 383 g/mol. The number of anilines is 1. The molecule has 0 bridgehead atoms. The van der Waals surface area contributed by atoms with Gasteiger partial charge in [-0.1, -0.05) is 6.07 Å². The molecule has 7 heteroatoms. The van der Waals surface area contributed by atoms with Crippen LogP contribution in [0.4, 0.5) is 5.69 Å². The standard InChI is InChI=1S/C21H21NO6/c1-27-18-7-4-14(9-19(18)28-16-6-5-15(23)10-16)22-11-13-3-2-12(21(25)26)8-17(13)20(22)24/h2-4,7-9,15-16,23H,5-6,10-11H2,1H3,(H,25,26). The Labute approximate surface area is 162 Å². The summed E-state index contributed by atoms with van der Waals surface area (Å²) in [6.07, 6.45) is 1.60. The van der Waals surface area contributed by atoms with Crippen molar-refractivity contribution >= 4 is 17.6 Å². The maximum Gasteiger partial charge on any atom is 0.335 e. The number of carbonyl (C=O) groups is 2. The molecule has 2 aromatic rings. The van der Waals surface area contributed by atoms with Crippen LogP contribution in [0.25, 0.3) is 0 Å². The highest BCUT2D eigenvalue weighted by Gasteiger charge is 2.31. The van der Waals surface area contributed by atoms with Gasteiger partial charge in [-0.2, -0.15) is 0 Å². The summed E-state index contributed by atoms with van der Waals surface area (Å²) >= 11 is 0. The summed E-state index contributed by atoms with van der Waals surface area (Å²) < 4.78 is 11.4. The number of aromatic carboxylic acids is 1. The van der Waals surface area contributed by atoms with E-state index in [-0.39, 0.29) is 23.7 Å². The van der Waals surface area contributed by atoms with Crippen molar-refractivity contribution in [3.8, 4) is 11.5 Å². The molecule has 1 aliphatic carbocycles. The van der Waals surface area contributed by atoms with Crippen LogP contribution in [0.15, 0.2) is 36.4 Å². The Morgan fingerprint density at radius 2 is 1.96 bits per heavy atom. The molecule has 1 fully saturated rings. The lowest BCUT2D eigenvalue weighted by molar-refractivity contribution is 0.0697. The molecule has 28 heavy (non-hydrogen) atoms. The topological polar surface area (TPSA) is 96.3 Å². The van der Waals surface area contributed by atoms with Gasteiger partial charge in [-0.3, -0.25) is 4.79 Å². The second-order valence-corrected chi connectivity index (χ2v) is 7.11. The fourth-order valence-corrected chi connectivity index (χ4v) is 3.77. The number of nitrogens with zero attached hydrogens (tertiary/aromatic N) is 1. The number of benzene rings is 2. The van der Waals surface area contributed by atoms with Crippen LogP contribution in [0.2, 0.25) is 0 Å². The Balaban J connectivity index is 1.61. The number of hydrogen-bond donors (Lipinski definition) is 2. The minimum absolute atomic E-state index is 0.0903. The number of rotatable bonds is 5. The zero-order chi connectivity index (χ0) is 19.8. The molecule has 2 aliphatic rings. The molecule has 4 rings (SSSR count). The van der Waals surface area contributed by atoms with Crippen LogP contribution in [0.3, 0.4) is 0 Å². The van der Waals surface area contributed by atoms with Crippen molar-refractivity contribution in [2.75, 3.05) is 12.0 Å². The van der Waals surface area contributed by atoms with Crippen molar-refractivity contribution in [3.63, 3.8) is 0 Å². The number of ether oxygens (including phenoxy) is 2. The predicted octanol–water partition coefficient (Wildman–Crippen LogP) is 2.85. The van der Waals surface area contributed by atoms with Gasteiger partial charge in [0.25, 0.3) is 5.91 Å². The summed E-state index contributed by atoms with van der Waals surface area (Å²) in [4.78, 5) is 25.6. The van der Waals surface area contributed by atoms with E-state index in [0.717, 1.165) is 12.0 Å². The van der Waals surface area contributed by atoms with Crippen LogP contribution in [0, 0.1) is 0 Å². The summed E-state index contributed by atoms with van der Waals surface area (Å²) in [7, 11) is 1.55. The van der Waals surface area contributed by atoms with Crippen molar-refractivity contribution in [2.24, 2.45) is 0 Å². The molecule has 2 unspecified atom stereocenters. The second kappa shape index (κ2) is 7.16. The molecular weight excluding hydrogens is 362 g/mol. The first-order valence-corrected chi connectivity index (χ1v) is 9.17. The van der Waals surface area contributed by atoms with E-state index < -0.39 is 5.97 Å². The average Bonchev–Trinajstić information content (AvgIpc) is 3.24. The third-order valence-corrected chi connectivity index (χ3v) is 5.27. The second-order valence-electron chi connectivity index (χ2n) is 7.11. The van der Waals surface area contributed by atoms with Crippen molar-refractivity contribution in [2.45, 2.75) is 38.0 Å². The highest BCUT2D eigenvalue weighted by atomic mass is 16.5. The van der Waals surface area contributed by atoms with Crippen LogP contribution < -0.4 is 14.4 Å². The lowest BCUT2D eigenvalue weighted by Gasteiger charge is -2.20. The number of aliphatic hydroxyl groups excluding tert-OH is 1. The van der Waals surface area contributed by atoms with E-state index in [9.17, 15) is 14.7 Å². The fraction of sp³-hybridized carbons (Fsp3) is 0.333. The highest BCUT2D eigenvalue weighted by Crippen LogP contribution is 2.37. The first-order valence-electron chi connectivity index (χ1n) is 9.17. The number of carbonyl (C=O) groups excluding carboxylic acids is 1. The molecule has 2 atom stereocenters. The normalized spacial score (nSPS) is 20.9. The largest absolute Gasteiger partial charge is 0.493 e. The molecule has 2 N–H and O–H groups in total. The summed E-state index contributed by atoms with van der Waals surface area (Å²) in [6, 6.07) is 9.88. The first kappa shape index (κ1) is 18.3. The lowest BCUT2D eigenvalue weighted by Crippen LogP contribution is -2.23. The Morgan fingerprint density at radius 3 is 2.64 bits per heavy atom. The molecular formula is C21H21NO6. The van der Waals surface area contributed by atoms with Gasteiger partial charge in [0, 0.05) is 23.7 Å². The van der Waals surface area contributed by atoms with E-state index in [0.29, 0.717) is 42.1 Å². The van der Waals surface area contributed by atoms with Crippen molar-refractivity contribution in [1.82, 2.24) is 0 Å². The quantitative estimate of drug-likeness (QED) is 0.824. The summed E-state index contributed by atoms with van der Waals surface area (Å²) in [5.41, 5.74) is 1.92. The zero-order valence-electron chi connectivity index (χ0n) is 15.4. The molecule has 1 amide bonds. The molecule has 0 spiro atoms. The van der Waals surface area contributed by atoms with Crippen LogP contribution >= 0.6 is 0 Å². The zero-order valence-corrected chi connectivity index (χ0v) is 15.4. The number of aliphatic hydroxyl groups is 1. The monoisotopic (exact) mass is 383 g/mol. The van der Waals surface area contributed by atoms with Crippen LogP contribution in [-0.2, 0) is 6.54 Å². The highest BCUT2D eigenvalue weighted by molar-refractivity contribution is 6.11. The van der Waals surface area contributed by atoms with E-state index in [1.165, 1.54) is 12.1 Å². The van der Waals surface area contributed by atoms with Gasteiger partial charge in [0.1, 0.15) is 6.10 Å². The number of carboxylic acids is 1. The van der Waals surface area contributed by atoms with Gasteiger partial charge in [0.15, 0.2) is 11.5 Å². The molecule has 2 aromatic carbocycles. The first-order chi connectivity index (χ1) is 13.5. The van der Waals surface area contributed by atoms with E-state index in [1.54, 1.807) is 36.3 Å². The summed E-state index contributed by atoms with van der Waals surface area (Å²) in [5.74, 6) is -0.227. The van der Waals surface area contributed by atoms with Gasteiger partial charge in [-0.25, -0.2) is 4.79 Å². The number of fused-ring (bicyclic) bond motifs is 1. The number of carboxylic acid groups (broad SMARTS) is 1. The molecule has 0 saturated heterocycles. The SMILES string of the molecule is COc1ccc(N2Cc3ccc(C(=O)O)cc3C2=O)cc1OC1CCC(O)C1. The van der Waals surface area contributed by atoms with Gasteiger partial charge < -0.3 is 24.6 Å². The maximum atomic E-state index is 12.9. The summed E-state index contributed by atoms with van der Waals surface area (Å²) in [5, 5.41) is 18.9. The van der Waals surface area contributed by atoms with Crippen molar-refractivity contribution in [1.29, 1.82) is 0 Å². The molecule has 0 radical (unpaired) electrons. The van der Waals surface area contributed by atoms with Gasteiger partial charge in [-0.15, -0.1) is 0 Å². The molecule has 1 heterocycles. The Morgan fingerprint density at radius 1 is 1.14 bits per heavy atom.